The first-order chi connectivity index (χ1) is 7.93. The first kappa shape index (κ1) is 13.7. The van der Waals surface area contributed by atoms with Crippen molar-refractivity contribution in [1.29, 1.82) is 0 Å². The second kappa shape index (κ2) is 5.82. The Morgan fingerprint density at radius 1 is 1.24 bits per heavy atom. The number of rotatable bonds is 4. The largest absolute Gasteiger partial charge is 0.387 e. The lowest BCUT2D eigenvalue weighted by Crippen LogP contribution is -2.28. The molecule has 1 aromatic rings. The molecule has 0 aliphatic heterocycles. The molecule has 0 saturated carbocycles. The Kier molecular flexibility index (Phi) is 4.70. The van der Waals surface area contributed by atoms with E-state index in [-0.39, 0.29) is 11.3 Å². The van der Waals surface area contributed by atoms with Crippen LogP contribution in [0.5, 0.6) is 0 Å². The molecule has 0 aromatic heterocycles. The molecule has 1 aromatic carbocycles. The van der Waals surface area contributed by atoms with E-state index < -0.39 is 6.61 Å². The van der Waals surface area contributed by atoms with Crippen LogP contribution in [0, 0.1) is 0 Å². The van der Waals surface area contributed by atoms with Crippen LogP contribution in [0.3, 0.4) is 0 Å². The number of hydrogen-bond acceptors (Lipinski definition) is 2. The Labute approximate surface area is 103 Å². The molecule has 0 aliphatic rings. The van der Waals surface area contributed by atoms with Gasteiger partial charge in [-0.25, -0.2) is 0 Å². The molecule has 1 amide bonds. The summed E-state index contributed by atoms with van der Waals surface area (Å²) < 4.78 is 0. The molecule has 0 spiro atoms. The Morgan fingerprint density at radius 3 is 2.29 bits per heavy atom. The Bertz CT molecular complexity index is 363. The number of hydrogen-bond donors (Lipinski definition) is 2. The number of nitrogens with one attached hydrogen (secondary N) is 1. The number of carbonyl (C=O) groups excluding carboxylic acids is 1. The fourth-order valence-corrected chi connectivity index (χ4v) is 1.57. The third-order valence-corrected chi connectivity index (χ3v) is 2.70. The molecule has 0 aliphatic carbocycles. The summed E-state index contributed by atoms with van der Waals surface area (Å²) in [5.74, 6) is -0.323. The van der Waals surface area contributed by atoms with Crippen molar-refractivity contribution in [3.8, 4) is 0 Å². The van der Waals surface area contributed by atoms with E-state index in [0.29, 0.717) is 6.54 Å². The van der Waals surface area contributed by atoms with E-state index in [9.17, 15) is 4.79 Å². The molecular weight excluding hydrogens is 214 g/mol. The molecule has 0 radical (unpaired) electrons. The highest BCUT2D eigenvalue weighted by atomic mass is 16.3. The third-order valence-electron chi connectivity index (χ3n) is 2.70. The van der Waals surface area contributed by atoms with Gasteiger partial charge < -0.3 is 10.4 Å². The SMILES string of the molecule is CC(C)(C)c1ccc(CCNC(=O)CO)cc1. The van der Waals surface area contributed by atoms with Gasteiger partial charge in [-0.1, -0.05) is 45.0 Å². The average Bonchev–Trinajstić information content (AvgIpc) is 2.28. The predicted molar refractivity (Wildman–Crippen MR) is 68.9 cm³/mol. The van der Waals surface area contributed by atoms with Crippen LogP contribution in [0.25, 0.3) is 0 Å². The number of carbonyl (C=O) groups is 1. The van der Waals surface area contributed by atoms with Gasteiger partial charge in [0.2, 0.25) is 5.91 Å². The van der Waals surface area contributed by atoms with Crippen LogP contribution in [0.2, 0.25) is 0 Å². The highest BCUT2D eigenvalue weighted by Gasteiger charge is 2.12. The quantitative estimate of drug-likeness (QED) is 0.833. The maximum atomic E-state index is 10.8. The van der Waals surface area contributed by atoms with Gasteiger partial charge in [0, 0.05) is 6.54 Å². The Hall–Kier alpha value is -1.35. The summed E-state index contributed by atoms with van der Waals surface area (Å²) in [6.45, 7) is 6.67. The molecule has 0 bridgehead atoms. The molecule has 3 nitrogen and oxygen atoms in total. The summed E-state index contributed by atoms with van der Waals surface area (Å²) >= 11 is 0. The third kappa shape index (κ3) is 4.57. The van der Waals surface area contributed by atoms with Crippen molar-refractivity contribution in [2.45, 2.75) is 32.6 Å². The maximum absolute atomic E-state index is 10.8. The minimum atomic E-state index is -0.442. The number of benzene rings is 1. The van der Waals surface area contributed by atoms with Crippen molar-refractivity contribution in [3.05, 3.63) is 35.4 Å². The van der Waals surface area contributed by atoms with Gasteiger partial charge in [0.1, 0.15) is 6.61 Å². The van der Waals surface area contributed by atoms with Gasteiger partial charge in [-0.15, -0.1) is 0 Å². The summed E-state index contributed by atoms with van der Waals surface area (Å²) in [5, 5.41) is 11.2. The first-order valence-electron chi connectivity index (χ1n) is 5.90. The minimum Gasteiger partial charge on any atom is -0.387 e. The fraction of sp³-hybridized carbons (Fsp3) is 0.500. The molecule has 0 fully saturated rings. The van der Waals surface area contributed by atoms with Gasteiger partial charge >= 0.3 is 0 Å². The topological polar surface area (TPSA) is 49.3 Å². The molecule has 2 N–H and O–H groups in total. The van der Waals surface area contributed by atoms with E-state index in [4.69, 9.17) is 5.11 Å². The van der Waals surface area contributed by atoms with E-state index in [1.165, 1.54) is 11.1 Å². The number of aliphatic hydroxyl groups is 1. The first-order valence-corrected chi connectivity index (χ1v) is 5.90. The molecule has 94 valence electrons. The summed E-state index contributed by atoms with van der Waals surface area (Å²) in [4.78, 5) is 10.8. The van der Waals surface area contributed by atoms with E-state index in [0.717, 1.165) is 6.42 Å². The predicted octanol–water partition coefficient (Wildman–Crippen LogP) is 1.64. The van der Waals surface area contributed by atoms with Crippen molar-refractivity contribution in [3.63, 3.8) is 0 Å². The van der Waals surface area contributed by atoms with Gasteiger partial charge in [-0.3, -0.25) is 4.79 Å². The Balaban J connectivity index is 2.49. The van der Waals surface area contributed by atoms with Gasteiger partial charge in [-0.05, 0) is 23.0 Å². The molecule has 17 heavy (non-hydrogen) atoms. The van der Waals surface area contributed by atoms with Crippen molar-refractivity contribution in [1.82, 2.24) is 5.32 Å². The maximum Gasteiger partial charge on any atom is 0.245 e. The van der Waals surface area contributed by atoms with Crippen LogP contribution >= 0.6 is 0 Å². The zero-order valence-corrected chi connectivity index (χ0v) is 10.8. The lowest BCUT2D eigenvalue weighted by atomic mass is 9.86. The number of aliphatic hydroxyl groups excluding tert-OH is 1. The van der Waals surface area contributed by atoms with Crippen molar-refractivity contribution in [2.24, 2.45) is 0 Å². The summed E-state index contributed by atoms with van der Waals surface area (Å²) in [7, 11) is 0. The van der Waals surface area contributed by atoms with E-state index in [2.05, 4.69) is 50.4 Å². The monoisotopic (exact) mass is 235 g/mol. The summed E-state index contributed by atoms with van der Waals surface area (Å²) in [5.41, 5.74) is 2.67. The van der Waals surface area contributed by atoms with Crippen LogP contribution in [0.1, 0.15) is 31.9 Å². The highest BCUT2D eigenvalue weighted by molar-refractivity contribution is 5.76. The standard InChI is InChI=1S/C14H21NO2/c1-14(2,3)12-6-4-11(5-7-12)8-9-15-13(17)10-16/h4-7,16H,8-10H2,1-3H3,(H,15,17). The van der Waals surface area contributed by atoms with Gasteiger partial charge in [-0.2, -0.15) is 0 Å². The van der Waals surface area contributed by atoms with E-state index in [1.54, 1.807) is 0 Å². The normalized spacial score (nSPS) is 11.3. The lowest BCUT2D eigenvalue weighted by molar-refractivity contribution is -0.123. The molecule has 0 atom stereocenters. The van der Waals surface area contributed by atoms with Crippen LogP contribution in [-0.2, 0) is 16.6 Å². The smallest absolute Gasteiger partial charge is 0.245 e. The zero-order valence-electron chi connectivity index (χ0n) is 10.8. The van der Waals surface area contributed by atoms with E-state index >= 15 is 0 Å². The average molecular weight is 235 g/mol. The summed E-state index contributed by atoms with van der Waals surface area (Å²) in [6, 6.07) is 8.43. The molecular formula is C14H21NO2. The second-order valence-corrected chi connectivity index (χ2v) is 5.20. The lowest BCUT2D eigenvalue weighted by Gasteiger charge is -2.19. The molecule has 0 heterocycles. The highest BCUT2D eigenvalue weighted by Crippen LogP contribution is 2.22. The molecule has 3 heteroatoms. The minimum absolute atomic E-state index is 0.170. The van der Waals surface area contributed by atoms with Gasteiger partial charge in [0.25, 0.3) is 0 Å². The van der Waals surface area contributed by atoms with Gasteiger partial charge in [0.15, 0.2) is 0 Å². The van der Waals surface area contributed by atoms with E-state index in [1.807, 2.05) is 0 Å². The second-order valence-electron chi connectivity index (χ2n) is 5.20. The fourth-order valence-electron chi connectivity index (χ4n) is 1.57. The van der Waals surface area contributed by atoms with Crippen molar-refractivity contribution in [2.75, 3.05) is 13.2 Å². The molecule has 1 rings (SSSR count). The van der Waals surface area contributed by atoms with Crippen LogP contribution in [0.4, 0.5) is 0 Å². The van der Waals surface area contributed by atoms with Crippen LogP contribution in [-0.4, -0.2) is 24.2 Å². The van der Waals surface area contributed by atoms with Crippen molar-refractivity contribution >= 4 is 5.91 Å². The Morgan fingerprint density at radius 2 is 1.82 bits per heavy atom. The van der Waals surface area contributed by atoms with Crippen LogP contribution in [0.15, 0.2) is 24.3 Å². The molecule has 0 saturated heterocycles. The summed E-state index contributed by atoms with van der Waals surface area (Å²) in [6.07, 6.45) is 0.788. The number of amides is 1. The van der Waals surface area contributed by atoms with Crippen LogP contribution < -0.4 is 5.32 Å². The van der Waals surface area contributed by atoms with Gasteiger partial charge in [0.05, 0.1) is 0 Å². The van der Waals surface area contributed by atoms with Crippen molar-refractivity contribution < 1.29 is 9.90 Å². The molecule has 0 unspecified atom stereocenters. The zero-order chi connectivity index (χ0) is 12.9.